The van der Waals surface area contributed by atoms with Crippen molar-refractivity contribution in [1.82, 2.24) is 9.97 Å². The van der Waals surface area contributed by atoms with E-state index in [0.717, 1.165) is 12.2 Å². The van der Waals surface area contributed by atoms with E-state index in [-0.39, 0.29) is 5.56 Å². The highest BCUT2D eigenvalue weighted by atomic mass is 32.2. The molecule has 0 aromatic carbocycles. The Morgan fingerprint density at radius 1 is 1.35 bits per heavy atom. The number of hydrogen-bond acceptors (Lipinski definition) is 4. The maximum atomic E-state index is 11.2. The van der Waals surface area contributed by atoms with Gasteiger partial charge in [-0.15, -0.1) is 11.8 Å². The quantitative estimate of drug-likeness (QED) is 0.646. The minimum absolute atomic E-state index is 0.240. The molecule has 0 unspecified atom stereocenters. The summed E-state index contributed by atoms with van der Waals surface area (Å²) in [6.07, 6.45) is 1.05. The molecule has 0 atom stereocenters. The van der Waals surface area contributed by atoms with Crippen molar-refractivity contribution in [3.63, 3.8) is 0 Å². The number of hydrogen-bond donors (Lipinski definition) is 1. The molecule has 0 saturated carbocycles. The SMILES string of the molecule is Cc1nc(C)c(C(=O)O)c(SCCC(C)C)n1. The van der Waals surface area contributed by atoms with Gasteiger partial charge in [-0.2, -0.15) is 0 Å². The molecule has 1 heterocycles. The fourth-order valence-electron chi connectivity index (χ4n) is 1.42. The maximum Gasteiger partial charge on any atom is 0.340 e. The third-order valence-corrected chi connectivity index (χ3v) is 3.33. The molecule has 1 aromatic heterocycles. The van der Waals surface area contributed by atoms with E-state index in [4.69, 9.17) is 5.11 Å². The zero-order valence-electron chi connectivity index (χ0n) is 10.6. The van der Waals surface area contributed by atoms with E-state index in [1.54, 1.807) is 13.8 Å². The van der Waals surface area contributed by atoms with Crippen LogP contribution in [0, 0.1) is 19.8 Å². The Bertz CT molecular complexity index is 419. The van der Waals surface area contributed by atoms with Crippen molar-refractivity contribution in [2.75, 3.05) is 5.75 Å². The first-order valence-corrected chi connectivity index (χ1v) is 6.61. The summed E-state index contributed by atoms with van der Waals surface area (Å²) in [7, 11) is 0. The van der Waals surface area contributed by atoms with Crippen LogP contribution in [0.4, 0.5) is 0 Å². The van der Waals surface area contributed by atoms with Crippen LogP contribution < -0.4 is 0 Å². The van der Waals surface area contributed by atoms with Crippen molar-refractivity contribution in [3.8, 4) is 0 Å². The third-order valence-electron chi connectivity index (χ3n) is 2.32. The van der Waals surface area contributed by atoms with Gasteiger partial charge in [0.2, 0.25) is 0 Å². The van der Waals surface area contributed by atoms with Gasteiger partial charge in [0.05, 0.1) is 5.69 Å². The molecule has 0 fully saturated rings. The fourth-order valence-corrected chi connectivity index (χ4v) is 2.78. The Morgan fingerprint density at radius 3 is 2.53 bits per heavy atom. The van der Waals surface area contributed by atoms with Gasteiger partial charge in [0.15, 0.2) is 0 Å². The molecule has 1 aromatic rings. The second kappa shape index (κ2) is 6.00. The average Bonchev–Trinajstić information content (AvgIpc) is 2.14. The van der Waals surface area contributed by atoms with Crippen LogP contribution in [0.2, 0.25) is 0 Å². The first-order chi connectivity index (χ1) is 7.91. The Kier molecular flexibility index (Phi) is 4.93. The zero-order chi connectivity index (χ0) is 13.0. The molecule has 0 aliphatic heterocycles. The summed E-state index contributed by atoms with van der Waals surface area (Å²) >= 11 is 1.50. The topological polar surface area (TPSA) is 63.1 Å². The first kappa shape index (κ1) is 14.0. The summed E-state index contributed by atoms with van der Waals surface area (Å²) in [5, 5.41) is 9.74. The molecule has 94 valence electrons. The van der Waals surface area contributed by atoms with E-state index in [1.807, 2.05) is 0 Å². The van der Waals surface area contributed by atoms with E-state index in [1.165, 1.54) is 11.8 Å². The van der Waals surface area contributed by atoms with Gasteiger partial charge in [-0.25, -0.2) is 14.8 Å². The van der Waals surface area contributed by atoms with E-state index < -0.39 is 5.97 Å². The molecule has 0 radical (unpaired) electrons. The van der Waals surface area contributed by atoms with Gasteiger partial charge >= 0.3 is 5.97 Å². The number of aryl methyl sites for hydroxylation is 2. The third kappa shape index (κ3) is 4.00. The van der Waals surface area contributed by atoms with Crippen molar-refractivity contribution in [2.45, 2.75) is 39.1 Å². The number of aromatic carboxylic acids is 1. The van der Waals surface area contributed by atoms with Crippen molar-refractivity contribution in [3.05, 3.63) is 17.1 Å². The first-order valence-electron chi connectivity index (χ1n) is 5.63. The van der Waals surface area contributed by atoms with Gasteiger partial charge in [0, 0.05) is 0 Å². The summed E-state index contributed by atoms with van der Waals surface area (Å²) in [6.45, 7) is 7.79. The number of nitrogens with zero attached hydrogens (tertiary/aromatic N) is 2. The lowest BCUT2D eigenvalue weighted by Crippen LogP contribution is -2.08. The van der Waals surface area contributed by atoms with E-state index in [2.05, 4.69) is 23.8 Å². The molecule has 0 aliphatic carbocycles. The smallest absolute Gasteiger partial charge is 0.340 e. The molecule has 0 saturated heterocycles. The molecule has 0 bridgehead atoms. The second-order valence-corrected chi connectivity index (χ2v) is 5.46. The van der Waals surface area contributed by atoms with Crippen LogP contribution in [0.5, 0.6) is 0 Å². The van der Waals surface area contributed by atoms with Gasteiger partial charge in [0.25, 0.3) is 0 Å². The summed E-state index contributed by atoms with van der Waals surface area (Å²) in [6, 6.07) is 0. The molecule has 17 heavy (non-hydrogen) atoms. The monoisotopic (exact) mass is 254 g/mol. The predicted octanol–water partition coefficient (Wildman–Crippen LogP) is 2.93. The van der Waals surface area contributed by atoms with Crippen molar-refractivity contribution < 1.29 is 9.90 Å². The highest BCUT2D eigenvalue weighted by Gasteiger charge is 2.17. The summed E-state index contributed by atoms with van der Waals surface area (Å²) in [5.74, 6) is 1.17. The van der Waals surface area contributed by atoms with Gasteiger partial charge in [-0.1, -0.05) is 13.8 Å². The van der Waals surface area contributed by atoms with Crippen molar-refractivity contribution in [1.29, 1.82) is 0 Å². The number of carbonyl (C=O) groups is 1. The van der Waals surface area contributed by atoms with Crippen LogP contribution in [0.25, 0.3) is 0 Å². The molecule has 4 nitrogen and oxygen atoms in total. The second-order valence-electron chi connectivity index (χ2n) is 4.37. The number of carboxylic acids is 1. The summed E-state index contributed by atoms with van der Waals surface area (Å²) in [5.41, 5.74) is 0.779. The summed E-state index contributed by atoms with van der Waals surface area (Å²) < 4.78 is 0. The highest BCUT2D eigenvalue weighted by molar-refractivity contribution is 7.99. The van der Waals surface area contributed by atoms with Crippen LogP contribution in [0.15, 0.2) is 5.03 Å². The van der Waals surface area contributed by atoms with Crippen LogP contribution in [-0.4, -0.2) is 26.8 Å². The molecule has 5 heteroatoms. The van der Waals surface area contributed by atoms with Gasteiger partial charge < -0.3 is 5.11 Å². The maximum absolute atomic E-state index is 11.2. The van der Waals surface area contributed by atoms with Crippen LogP contribution in [-0.2, 0) is 0 Å². The van der Waals surface area contributed by atoms with Crippen molar-refractivity contribution in [2.24, 2.45) is 5.92 Å². The van der Waals surface area contributed by atoms with Crippen molar-refractivity contribution >= 4 is 17.7 Å². The zero-order valence-corrected chi connectivity index (χ0v) is 11.5. The number of rotatable bonds is 5. The van der Waals surface area contributed by atoms with Gasteiger partial charge in [0.1, 0.15) is 16.4 Å². The minimum atomic E-state index is -0.949. The van der Waals surface area contributed by atoms with E-state index in [0.29, 0.717) is 22.5 Å². The Labute approximate surface area is 106 Å². The normalized spacial score (nSPS) is 10.9. The Balaban J connectivity index is 2.92. The van der Waals surface area contributed by atoms with Gasteiger partial charge in [-0.05, 0) is 31.9 Å². The lowest BCUT2D eigenvalue weighted by atomic mass is 10.2. The predicted molar refractivity (Wildman–Crippen MR) is 68.6 cm³/mol. The molecule has 0 aliphatic rings. The van der Waals surface area contributed by atoms with Gasteiger partial charge in [-0.3, -0.25) is 0 Å². The molecular formula is C12H18N2O2S. The minimum Gasteiger partial charge on any atom is -0.478 e. The largest absolute Gasteiger partial charge is 0.478 e. The highest BCUT2D eigenvalue weighted by Crippen LogP contribution is 2.24. The number of carboxylic acid groups (broad SMARTS) is 1. The van der Waals surface area contributed by atoms with E-state index in [9.17, 15) is 4.79 Å². The standard InChI is InChI=1S/C12H18N2O2S/c1-7(2)5-6-17-11-10(12(15)16)8(3)13-9(4)14-11/h7H,5-6H2,1-4H3,(H,15,16). The Morgan fingerprint density at radius 2 is 2.00 bits per heavy atom. The summed E-state index contributed by atoms with van der Waals surface area (Å²) in [4.78, 5) is 19.5. The number of thioether (sulfide) groups is 1. The average molecular weight is 254 g/mol. The van der Waals surface area contributed by atoms with E-state index >= 15 is 0 Å². The van der Waals surface area contributed by atoms with Crippen LogP contribution in [0.1, 0.15) is 42.1 Å². The Hall–Kier alpha value is -1.10. The molecule has 0 spiro atoms. The lowest BCUT2D eigenvalue weighted by molar-refractivity contribution is 0.0690. The molecule has 0 amide bonds. The number of aromatic nitrogens is 2. The van der Waals surface area contributed by atoms with Crippen LogP contribution in [0.3, 0.4) is 0 Å². The molecule has 1 rings (SSSR count). The molecular weight excluding hydrogens is 236 g/mol. The van der Waals surface area contributed by atoms with Crippen LogP contribution >= 0.6 is 11.8 Å². The lowest BCUT2D eigenvalue weighted by Gasteiger charge is -2.09. The molecule has 1 N–H and O–H groups in total. The fraction of sp³-hybridized carbons (Fsp3) is 0.583.